The summed E-state index contributed by atoms with van der Waals surface area (Å²) in [5.41, 5.74) is 2.84. The normalized spacial score (nSPS) is 11.3. The number of hydrogen-bond donors (Lipinski definition) is 1. The molecule has 1 aromatic carbocycles. The van der Waals surface area contributed by atoms with Gasteiger partial charge in [0.25, 0.3) is 0 Å². The van der Waals surface area contributed by atoms with Gasteiger partial charge in [0.15, 0.2) is 9.84 Å². The third kappa shape index (κ3) is 5.48. The molecule has 0 saturated heterocycles. The fourth-order valence-corrected chi connectivity index (χ4v) is 3.92. The van der Waals surface area contributed by atoms with Crippen LogP contribution in [-0.2, 0) is 27.6 Å². The van der Waals surface area contributed by atoms with Gasteiger partial charge in [-0.3, -0.25) is 9.78 Å². The lowest BCUT2D eigenvalue weighted by Gasteiger charge is -2.07. The van der Waals surface area contributed by atoms with Crippen molar-refractivity contribution in [2.45, 2.75) is 24.3 Å². The maximum absolute atomic E-state index is 12.1. The molecule has 0 aliphatic rings. The number of pyridine rings is 1. The molecule has 5 nitrogen and oxygen atoms in total. The highest BCUT2D eigenvalue weighted by Crippen LogP contribution is 2.23. The molecule has 0 unspecified atom stereocenters. The van der Waals surface area contributed by atoms with Gasteiger partial charge in [0.05, 0.1) is 15.5 Å². The number of nitrogens with one attached hydrogen (secondary N) is 1. The highest BCUT2D eigenvalue weighted by Gasteiger charge is 2.08. The highest BCUT2D eigenvalue weighted by atomic mass is 32.2. The van der Waals surface area contributed by atoms with E-state index in [-0.39, 0.29) is 10.8 Å². The zero-order valence-corrected chi connectivity index (χ0v) is 16.5. The van der Waals surface area contributed by atoms with Gasteiger partial charge in [-0.05, 0) is 53.3 Å². The maximum atomic E-state index is 12.1. The van der Waals surface area contributed by atoms with Crippen molar-refractivity contribution in [3.05, 3.63) is 71.2 Å². The first-order valence-corrected chi connectivity index (χ1v) is 11.2. The summed E-state index contributed by atoms with van der Waals surface area (Å²) in [5.74, 6) is -0.0447. The number of carbonyl (C=O) groups excluding carboxylic acids is 1. The molecule has 0 spiro atoms. The van der Waals surface area contributed by atoms with Gasteiger partial charge in [0, 0.05) is 25.4 Å². The number of hydrogen-bond acceptors (Lipinski definition) is 5. The number of nitrogens with zero attached hydrogens (tertiary/aromatic N) is 1. The Morgan fingerprint density at radius 2 is 1.89 bits per heavy atom. The molecule has 1 N–H and O–H groups in total. The molecule has 27 heavy (non-hydrogen) atoms. The molecule has 3 rings (SSSR count). The van der Waals surface area contributed by atoms with E-state index in [9.17, 15) is 13.2 Å². The molecule has 0 saturated carbocycles. The van der Waals surface area contributed by atoms with Gasteiger partial charge in [0.2, 0.25) is 5.91 Å². The zero-order chi connectivity index (χ0) is 19.3. The van der Waals surface area contributed by atoms with Crippen molar-refractivity contribution in [3.63, 3.8) is 0 Å². The van der Waals surface area contributed by atoms with Crippen LogP contribution in [0.1, 0.15) is 17.5 Å². The molecule has 7 heteroatoms. The lowest BCUT2D eigenvalue weighted by molar-refractivity contribution is -0.121. The molecule has 2 aromatic heterocycles. The van der Waals surface area contributed by atoms with E-state index in [1.165, 1.54) is 6.26 Å². The van der Waals surface area contributed by atoms with Gasteiger partial charge < -0.3 is 5.32 Å². The van der Waals surface area contributed by atoms with E-state index in [2.05, 4.69) is 10.3 Å². The summed E-state index contributed by atoms with van der Waals surface area (Å²) in [6.07, 6.45) is 3.84. The van der Waals surface area contributed by atoms with Gasteiger partial charge in [-0.1, -0.05) is 18.2 Å². The molecule has 0 bridgehead atoms. The second kappa shape index (κ2) is 8.45. The number of benzene rings is 1. The molecule has 0 fully saturated rings. The predicted octanol–water partition coefficient (Wildman–Crippen LogP) is 3.46. The van der Waals surface area contributed by atoms with Crippen LogP contribution < -0.4 is 5.32 Å². The number of thiophene rings is 1. The first-order chi connectivity index (χ1) is 12.9. The SMILES string of the molecule is CS(=O)(=O)c1ccc(CCC(=O)NCc2ccnc(-c3cccs3)c2)cc1. The first kappa shape index (κ1) is 19.3. The van der Waals surface area contributed by atoms with Crippen LogP contribution in [0.5, 0.6) is 0 Å². The van der Waals surface area contributed by atoms with Crippen LogP contribution in [0, 0.1) is 0 Å². The van der Waals surface area contributed by atoms with E-state index in [0.717, 1.165) is 21.7 Å². The minimum absolute atomic E-state index is 0.0447. The van der Waals surface area contributed by atoms with Crippen molar-refractivity contribution in [2.24, 2.45) is 0 Å². The van der Waals surface area contributed by atoms with Crippen LogP contribution in [0.2, 0.25) is 0 Å². The monoisotopic (exact) mass is 400 g/mol. The zero-order valence-electron chi connectivity index (χ0n) is 14.9. The second-order valence-electron chi connectivity index (χ2n) is 6.22. The lowest BCUT2D eigenvalue weighted by Crippen LogP contribution is -2.23. The maximum Gasteiger partial charge on any atom is 0.220 e. The van der Waals surface area contributed by atoms with Crippen molar-refractivity contribution < 1.29 is 13.2 Å². The highest BCUT2D eigenvalue weighted by molar-refractivity contribution is 7.90. The smallest absolute Gasteiger partial charge is 0.220 e. The van der Waals surface area contributed by atoms with Gasteiger partial charge in [-0.15, -0.1) is 11.3 Å². The van der Waals surface area contributed by atoms with Crippen LogP contribution >= 0.6 is 11.3 Å². The largest absolute Gasteiger partial charge is 0.352 e. The average Bonchev–Trinajstić information content (AvgIpc) is 3.19. The third-order valence-corrected chi connectivity index (χ3v) is 6.10. The Balaban J connectivity index is 1.51. The number of carbonyl (C=O) groups is 1. The number of sulfone groups is 1. The lowest BCUT2D eigenvalue weighted by atomic mass is 10.1. The van der Waals surface area contributed by atoms with Crippen LogP contribution in [0.4, 0.5) is 0 Å². The van der Waals surface area contributed by atoms with Crippen LogP contribution in [0.15, 0.2) is 65.0 Å². The van der Waals surface area contributed by atoms with Gasteiger partial charge in [-0.25, -0.2) is 8.42 Å². The Labute approximate surface area is 163 Å². The molecular formula is C20H20N2O3S2. The fourth-order valence-electron chi connectivity index (χ4n) is 2.59. The molecule has 0 aliphatic carbocycles. The van der Waals surface area contributed by atoms with Gasteiger partial charge in [0.1, 0.15) is 0 Å². The van der Waals surface area contributed by atoms with Crippen molar-refractivity contribution in [1.82, 2.24) is 10.3 Å². The Morgan fingerprint density at radius 3 is 2.56 bits per heavy atom. The van der Waals surface area contributed by atoms with Gasteiger partial charge >= 0.3 is 0 Å². The molecular weight excluding hydrogens is 380 g/mol. The number of rotatable bonds is 7. The molecule has 0 aliphatic heterocycles. The van der Waals surface area contributed by atoms with Crippen LogP contribution in [0.25, 0.3) is 10.6 Å². The quantitative estimate of drug-likeness (QED) is 0.659. The summed E-state index contributed by atoms with van der Waals surface area (Å²) >= 11 is 1.63. The van der Waals surface area contributed by atoms with E-state index in [1.807, 2.05) is 29.6 Å². The number of aryl methyl sites for hydroxylation is 1. The predicted molar refractivity (Wildman–Crippen MR) is 107 cm³/mol. The topological polar surface area (TPSA) is 76.1 Å². The summed E-state index contributed by atoms with van der Waals surface area (Å²) < 4.78 is 22.9. The Kier molecular flexibility index (Phi) is 6.03. The molecule has 0 radical (unpaired) electrons. The molecule has 3 aromatic rings. The van der Waals surface area contributed by atoms with Crippen LogP contribution in [-0.4, -0.2) is 25.6 Å². The van der Waals surface area contributed by atoms with E-state index < -0.39 is 9.84 Å². The molecule has 140 valence electrons. The summed E-state index contributed by atoms with van der Waals surface area (Å²) in [5, 5.41) is 4.93. The number of aromatic nitrogens is 1. The van der Waals surface area contributed by atoms with Gasteiger partial charge in [-0.2, -0.15) is 0 Å². The summed E-state index contributed by atoms with van der Waals surface area (Å²) in [6, 6.07) is 14.5. The van der Waals surface area contributed by atoms with Crippen molar-refractivity contribution in [2.75, 3.05) is 6.26 Å². The van der Waals surface area contributed by atoms with E-state index in [1.54, 1.807) is 41.8 Å². The van der Waals surface area contributed by atoms with Crippen molar-refractivity contribution in [3.8, 4) is 10.6 Å². The van der Waals surface area contributed by atoms with E-state index in [0.29, 0.717) is 19.4 Å². The summed E-state index contributed by atoms with van der Waals surface area (Å²) in [7, 11) is -3.19. The molecule has 2 heterocycles. The standard InChI is InChI=1S/C20H20N2O3S2/c1-27(24,25)17-7-4-15(5-8-17)6-9-20(23)22-14-16-10-11-21-18(13-16)19-3-2-12-26-19/h2-5,7-8,10-13H,6,9,14H2,1H3,(H,22,23). The minimum atomic E-state index is -3.19. The first-order valence-electron chi connectivity index (χ1n) is 8.46. The Hall–Kier alpha value is -2.51. The summed E-state index contributed by atoms with van der Waals surface area (Å²) in [4.78, 5) is 17.9. The minimum Gasteiger partial charge on any atom is -0.352 e. The molecule has 1 amide bonds. The van der Waals surface area contributed by atoms with Crippen LogP contribution in [0.3, 0.4) is 0 Å². The van der Waals surface area contributed by atoms with Crippen molar-refractivity contribution in [1.29, 1.82) is 0 Å². The summed E-state index contributed by atoms with van der Waals surface area (Å²) in [6.45, 7) is 0.451. The van der Waals surface area contributed by atoms with E-state index in [4.69, 9.17) is 0 Å². The fraction of sp³-hybridized carbons (Fsp3) is 0.200. The Bertz CT molecular complexity index is 1010. The second-order valence-corrected chi connectivity index (χ2v) is 9.18. The average molecular weight is 401 g/mol. The third-order valence-electron chi connectivity index (χ3n) is 4.08. The van der Waals surface area contributed by atoms with Crippen molar-refractivity contribution >= 4 is 27.1 Å². The molecule has 0 atom stereocenters. The van der Waals surface area contributed by atoms with E-state index >= 15 is 0 Å². The Morgan fingerprint density at radius 1 is 1.11 bits per heavy atom. The number of amides is 1.